The zero-order chi connectivity index (χ0) is 29.9. The van der Waals surface area contributed by atoms with Gasteiger partial charge in [-0.1, -0.05) is 62.4 Å². The van der Waals surface area contributed by atoms with Crippen LogP contribution in [-0.4, -0.2) is 19.1 Å². The summed E-state index contributed by atoms with van der Waals surface area (Å²) in [5.41, 5.74) is 9.93. The summed E-state index contributed by atoms with van der Waals surface area (Å²) in [5, 5.41) is 7.27. The zero-order valence-corrected chi connectivity index (χ0v) is 27.1. The molecule has 8 rings (SSSR count). The molecule has 4 aromatic heterocycles. The molecule has 0 spiro atoms. The second kappa shape index (κ2) is 10.7. The molecule has 218 valence electrons. The van der Waals surface area contributed by atoms with Gasteiger partial charge in [-0.05, 0) is 74.2 Å². The summed E-state index contributed by atoms with van der Waals surface area (Å²) >= 11 is 3.56. The Morgan fingerprint density at radius 2 is 0.909 bits per heavy atom. The normalized spacial score (nSPS) is 12.0. The van der Waals surface area contributed by atoms with E-state index in [-0.39, 0.29) is 0 Å². The van der Waals surface area contributed by atoms with Gasteiger partial charge in [0.25, 0.3) is 0 Å². The van der Waals surface area contributed by atoms with E-state index in [1.165, 1.54) is 64.5 Å². The van der Waals surface area contributed by atoms with Crippen molar-refractivity contribution in [2.75, 3.05) is 0 Å². The monoisotopic (exact) mass is 610 g/mol. The van der Waals surface area contributed by atoms with E-state index < -0.39 is 0 Å². The van der Waals surface area contributed by atoms with E-state index in [1.54, 1.807) is 22.7 Å². The molecule has 0 aliphatic heterocycles. The van der Waals surface area contributed by atoms with Crippen LogP contribution in [0.25, 0.3) is 74.5 Å². The maximum atomic E-state index is 5.18. The highest BCUT2D eigenvalue weighted by molar-refractivity contribution is 7.24. The molecule has 0 radical (unpaired) electrons. The highest BCUT2D eigenvalue weighted by Crippen LogP contribution is 2.43. The predicted octanol–water partition coefficient (Wildman–Crippen LogP) is 11.0. The van der Waals surface area contributed by atoms with Gasteiger partial charge in [-0.3, -0.25) is 0 Å². The van der Waals surface area contributed by atoms with Gasteiger partial charge in [-0.2, -0.15) is 0 Å². The van der Waals surface area contributed by atoms with Gasteiger partial charge < -0.3 is 9.13 Å². The molecule has 0 aliphatic rings. The Labute approximate surface area is 265 Å². The topological polar surface area (TPSA) is 35.6 Å². The Balaban J connectivity index is 1.23. The largest absolute Gasteiger partial charge is 0.341 e. The van der Waals surface area contributed by atoms with Crippen LogP contribution >= 0.6 is 22.7 Å². The molecule has 44 heavy (non-hydrogen) atoms. The van der Waals surface area contributed by atoms with E-state index >= 15 is 0 Å². The molecule has 4 aromatic carbocycles. The van der Waals surface area contributed by atoms with Crippen molar-refractivity contribution in [1.82, 2.24) is 19.1 Å². The molecule has 6 heteroatoms. The van der Waals surface area contributed by atoms with Crippen LogP contribution in [0.4, 0.5) is 0 Å². The van der Waals surface area contributed by atoms with Gasteiger partial charge in [0.1, 0.15) is 0 Å². The molecule has 0 fully saturated rings. The minimum atomic E-state index is 0.887. The lowest BCUT2D eigenvalue weighted by Gasteiger charge is -2.04. The van der Waals surface area contributed by atoms with Crippen LogP contribution < -0.4 is 0 Å². The third-order valence-electron chi connectivity index (χ3n) is 8.95. The number of nitrogens with zero attached hydrogens (tertiary/aromatic N) is 4. The minimum absolute atomic E-state index is 0.887. The van der Waals surface area contributed by atoms with Crippen molar-refractivity contribution in [3.8, 4) is 30.9 Å². The molecular weight excluding hydrogens is 577 g/mol. The molecule has 0 atom stereocenters. The Morgan fingerprint density at radius 1 is 0.500 bits per heavy atom. The third kappa shape index (κ3) is 4.08. The highest BCUT2D eigenvalue weighted by atomic mass is 32.1. The van der Waals surface area contributed by atoms with Crippen molar-refractivity contribution >= 4 is 66.3 Å². The van der Waals surface area contributed by atoms with E-state index in [1.807, 2.05) is 0 Å². The molecule has 0 N–H and O–H groups in total. The zero-order valence-electron chi connectivity index (χ0n) is 25.5. The maximum Gasteiger partial charge on any atom is 0.153 e. The first kappa shape index (κ1) is 27.3. The number of aryl methyl sites for hydroxylation is 4. The van der Waals surface area contributed by atoms with E-state index in [4.69, 9.17) is 9.97 Å². The van der Waals surface area contributed by atoms with E-state index in [0.717, 1.165) is 47.3 Å². The number of fused-ring (bicyclic) bond motifs is 6. The lowest BCUT2D eigenvalue weighted by Crippen LogP contribution is -1.92. The number of rotatable bonds is 7. The van der Waals surface area contributed by atoms with Gasteiger partial charge in [-0.25, -0.2) is 9.97 Å². The average molecular weight is 611 g/mol. The molecule has 0 bridgehead atoms. The molecule has 0 unspecified atom stereocenters. The molecule has 0 saturated carbocycles. The van der Waals surface area contributed by atoms with Gasteiger partial charge in [0.05, 0.1) is 21.1 Å². The Morgan fingerprint density at radius 3 is 1.32 bits per heavy atom. The standard InChI is InChI=1S/C38H34N4S2/c1-5-29-35(23-17-19-33-27(21-23)25-13-9-11-15-31(25)41(33)7-3)43-37(39-29)38-40-30(6-2)36(44-38)24-18-20-34-28(22-24)26-14-10-12-16-32(26)42(34)8-4/h9-22H,5-8H2,1-4H3. The Hall–Kier alpha value is -4.26. The summed E-state index contributed by atoms with van der Waals surface area (Å²) in [7, 11) is 0. The maximum absolute atomic E-state index is 5.18. The van der Waals surface area contributed by atoms with Crippen molar-refractivity contribution in [3.63, 3.8) is 0 Å². The number of thiazole rings is 2. The van der Waals surface area contributed by atoms with Gasteiger partial charge in [0.2, 0.25) is 0 Å². The number of aromatic nitrogens is 4. The van der Waals surface area contributed by atoms with Crippen LogP contribution in [0.3, 0.4) is 0 Å². The fourth-order valence-electron chi connectivity index (χ4n) is 6.89. The smallest absolute Gasteiger partial charge is 0.153 e. The lowest BCUT2D eigenvalue weighted by atomic mass is 10.1. The average Bonchev–Trinajstić information content (AvgIpc) is 3.84. The van der Waals surface area contributed by atoms with Crippen molar-refractivity contribution in [1.29, 1.82) is 0 Å². The molecule has 0 aliphatic carbocycles. The summed E-state index contributed by atoms with van der Waals surface area (Å²) in [6, 6.07) is 31.3. The predicted molar refractivity (Wildman–Crippen MR) is 190 cm³/mol. The number of para-hydroxylation sites is 2. The first-order valence-electron chi connectivity index (χ1n) is 15.7. The number of benzene rings is 4. The van der Waals surface area contributed by atoms with Crippen molar-refractivity contribution in [2.45, 2.75) is 53.6 Å². The molecule has 4 nitrogen and oxygen atoms in total. The van der Waals surface area contributed by atoms with E-state index in [0.29, 0.717) is 0 Å². The van der Waals surface area contributed by atoms with Crippen LogP contribution in [0.15, 0.2) is 84.9 Å². The summed E-state index contributed by atoms with van der Waals surface area (Å²) in [6.07, 6.45) is 1.77. The van der Waals surface area contributed by atoms with Crippen LogP contribution in [0.2, 0.25) is 0 Å². The van der Waals surface area contributed by atoms with Crippen molar-refractivity contribution < 1.29 is 0 Å². The van der Waals surface area contributed by atoms with Crippen molar-refractivity contribution in [3.05, 3.63) is 96.3 Å². The molecular formula is C38H34N4S2. The Kier molecular flexibility index (Phi) is 6.65. The summed E-state index contributed by atoms with van der Waals surface area (Å²) in [6.45, 7) is 10.8. The van der Waals surface area contributed by atoms with Crippen LogP contribution in [-0.2, 0) is 25.9 Å². The summed E-state index contributed by atoms with van der Waals surface area (Å²) < 4.78 is 4.82. The molecule has 0 saturated heterocycles. The van der Waals surface area contributed by atoms with Gasteiger partial charge in [0, 0.05) is 56.7 Å². The fourth-order valence-corrected chi connectivity index (χ4v) is 9.21. The molecule has 8 aromatic rings. The molecule has 4 heterocycles. The number of hydrogen-bond acceptors (Lipinski definition) is 4. The van der Waals surface area contributed by atoms with Crippen LogP contribution in [0.5, 0.6) is 0 Å². The van der Waals surface area contributed by atoms with E-state index in [2.05, 4.69) is 122 Å². The van der Waals surface area contributed by atoms with Gasteiger partial charge in [-0.15, -0.1) is 22.7 Å². The second-order valence-electron chi connectivity index (χ2n) is 11.3. The second-order valence-corrected chi connectivity index (χ2v) is 13.3. The first-order chi connectivity index (χ1) is 21.6. The van der Waals surface area contributed by atoms with Gasteiger partial charge >= 0.3 is 0 Å². The van der Waals surface area contributed by atoms with Crippen LogP contribution in [0.1, 0.15) is 39.1 Å². The van der Waals surface area contributed by atoms with Gasteiger partial charge in [0.15, 0.2) is 10.0 Å². The lowest BCUT2D eigenvalue weighted by molar-refractivity contribution is 0.827. The minimum Gasteiger partial charge on any atom is -0.341 e. The SMILES string of the molecule is CCc1nc(-c2nc(CC)c(-c3ccc4c(c3)c3ccccc3n4CC)s2)sc1-c1ccc2c(c1)c1ccccc1n2CC. The number of hydrogen-bond donors (Lipinski definition) is 0. The fraction of sp³-hybridized carbons (Fsp3) is 0.211. The first-order valence-corrected chi connectivity index (χ1v) is 17.3. The Bertz CT molecular complexity index is 2180. The quantitative estimate of drug-likeness (QED) is 0.180. The summed E-state index contributed by atoms with van der Waals surface area (Å²) in [5.74, 6) is 0. The van der Waals surface area contributed by atoms with Crippen molar-refractivity contribution in [2.24, 2.45) is 0 Å². The summed E-state index contributed by atoms with van der Waals surface area (Å²) in [4.78, 5) is 12.9. The van der Waals surface area contributed by atoms with E-state index in [9.17, 15) is 0 Å². The molecule has 0 amide bonds. The van der Waals surface area contributed by atoms with Crippen LogP contribution in [0, 0.1) is 0 Å². The third-order valence-corrected chi connectivity index (χ3v) is 11.4. The highest BCUT2D eigenvalue weighted by Gasteiger charge is 2.21.